The lowest BCUT2D eigenvalue weighted by Gasteiger charge is -2.52. The van der Waals surface area contributed by atoms with E-state index in [2.05, 4.69) is 5.32 Å². The van der Waals surface area contributed by atoms with Gasteiger partial charge in [-0.1, -0.05) is 0 Å². The lowest BCUT2D eigenvalue weighted by atomic mass is 10.0. The Bertz CT molecular complexity index is 259. The number of ether oxygens (including phenoxy) is 1. The largest absolute Gasteiger partial charge is 0.598 e. The number of carbonyl (C=O) groups excluding carboxylic acids is 1. The van der Waals surface area contributed by atoms with Crippen molar-refractivity contribution in [3.8, 4) is 0 Å². The molecule has 3 atom stereocenters. The number of alkyl carbamates (subject to hydrolysis) is 1. The number of nitrogens with zero attached hydrogens (tertiary/aromatic N) is 1. The summed E-state index contributed by atoms with van der Waals surface area (Å²) in [5.74, 6) is 0. The maximum absolute atomic E-state index is 11.3. The van der Waals surface area contributed by atoms with Gasteiger partial charge in [0.25, 0.3) is 0 Å². The summed E-state index contributed by atoms with van der Waals surface area (Å²) in [6.45, 7) is 6.84. The molecule has 0 radical (unpaired) electrons. The first-order valence-electron chi connectivity index (χ1n) is 4.93. The highest BCUT2D eigenvalue weighted by molar-refractivity contribution is 5.68. The molecule has 0 aromatic heterocycles. The third-order valence-corrected chi connectivity index (χ3v) is 2.38. The Morgan fingerprint density at radius 3 is 2.47 bits per heavy atom. The van der Waals surface area contributed by atoms with Crippen LogP contribution in [-0.4, -0.2) is 40.3 Å². The Morgan fingerprint density at radius 2 is 2.13 bits per heavy atom. The number of quaternary nitrogens is 1. The first kappa shape index (κ1) is 12.2. The van der Waals surface area contributed by atoms with Crippen molar-refractivity contribution in [2.24, 2.45) is 0 Å². The summed E-state index contributed by atoms with van der Waals surface area (Å²) in [5.41, 5.74) is -0.556. The second-order valence-electron chi connectivity index (χ2n) is 4.93. The molecule has 0 aromatic rings. The molecule has 1 aliphatic heterocycles. The zero-order valence-electron chi connectivity index (χ0n) is 9.48. The zero-order chi connectivity index (χ0) is 11.9. The molecule has 1 aliphatic rings. The van der Waals surface area contributed by atoms with Gasteiger partial charge >= 0.3 is 6.09 Å². The molecule has 88 valence electrons. The van der Waals surface area contributed by atoms with Gasteiger partial charge in [-0.25, -0.2) is 14.8 Å². The first-order chi connectivity index (χ1) is 6.62. The van der Waals surface area contributed by atoms with Crippen molar-refractivity contribution in [1.82, 2.24) is 5.32 Å². The summed E-state index contributed by atoms with van der Waals surface area (Å²) in [6, 6.07) is -0.861. The van der Waals surface area contributed by atoms with Crippen molar-refractivity contribution in [2.45, 2.75) is 45.4 Å². The van der Waals surface area contributed by atoms with Crippen LogP contribution in [0.1, 0.15) is 27.7 Å². The highest BCUT2D eigenvalue weighted by Gasteiger charge is 2.47. The minimum Gasteiger partial charge on any atom is -0.598 e. The maximum Gasteiger partial charge on any atom is 0.408 e. The van der Waals surface area contributed by atoms with Crippen LogP contribution in [0.4, 0.5) is 4.79 Å². The molecular weight excluding hydrogens is 200 g/mol. The SMILES string of the molecule is CC1[C@@H](NC(=O)OC(C)(C)C)C[N+]1([O-])O. The molecule has 1 heterocycles. The molecule has 0 aliphatic carbocycles. The predicted octanol–water partition coefficient (Wildman–Crippen LogP) is 0.986. The Hall–Kier alpha value is -0.850. The average Bonchev–Trinajstić information content (AvgIpc) is 1.99. The van der Waals surface area contributed by atoms with Crippen molar-refractivity contribution in [1.29, 1.82) is 0 Å². The third kappa shape index (κ3) is 3.05. The molecule has 1 saturated heterocycles. The van der Waals surface area contributed by atoms with E-state index in [-0.39, 0.29) is 12.6 Å². The molecule has 0 saturated carbocycles. The van der Waals surface area contributed by atoms with E-state index in [0.29, 0.717) is 0 Å². The van der Waals surface area contributed by atoms with E-state index in [1.54, 1.807) is 27.7 Å². The molecular formula is C9H18N2O4. The van der Waals surface area contributed by atoms with Crippen LogP contribution in [0.15, 0.2) is 0 Å². The molecule has 1 fully saturated rings. The minimum atomic E-state index is -1.29. The highest BCUT2D eigenvalue weighted by atomic mass is 16.8. The summed E-state index contributed by atoms with van der Waals surface area (Å²) in [5, 5.41) is 22.7. The standard InChI is InChI=1S/C9H18N2O4/c1-6-7(5-11(6,13)14)10-8(12)15-9(2,3)4/h6-7,13H,5H2,1-4H3,(H,10,12)/t6?,7-/m0/s1. The lowest BCUT2D eigenvalue weighted by molar-refractivity contribution is -1.11. The number of hydrogen-bond donors (Lipinski definition) is 2. The van der Waals surface area contributed by atoms with E-state index in [1.807, 2.05) is 0 Å². The van der Waals surface area contributed by atoms with E-state index in [9.17, 15) is 10.0 Å². The van der Waals surface area contributed by atoms with E-state index in [1.165, 1.54) is 0 Å². The van der Waals surface area contributed by atoms with Gasteiger partial charge in [-0.05, 0) is 27.7 Å². The minimum absolute atomic E-state index is 0.0274. The van der Waals surface area contributed by atoms with Gasteiger partial charge in [-0.15, -0.1) is 0 Å². The Kier molecular flexibility index (Phi) is 2.95. The molecule has 2 N–H and O–H groups in total. The van der Waals surface area contributed by atoms with Gasteiger partial charge in [0, 0.05) is 0 Å². The Balaban J connectivity index is 2.36. The van der Waals surface area contributed by atoms with E-state index < -0.39 is 22.5 Å². The predicted molar refractivity (Wildman–Crippen MR) is 52.9 cm³/mol. The van der Waals surface area contributed by atoms with Gasteiger partial charge in [-0.3, -0.25) is 0 Å². The number of nitrogens with one attached hydrogen (secondary N) is 1. The van der Waals surface area contributed by atoms with Crippen molar-refractivity contribution in [2.75, 3.05) is 6.54 Å². The van der Waals surface area contributed by atoms with E-state index in [4.69, 9.17) is 9.94 Å². The second kappa shape index (κ2) is 3.62. The summed E-state index contributed by atoms with van der Waals surface area (Å²) < 4.78 is 5.02. The van der Waals surface area contributed by atoms with E-state index >= 15 is 0 Å². The van der Waals surface area contributed by atoms with Gasteiger partial charge < -0.3 is 15.3 Å². The quantitative estimate of drug-likeness (QED) is 0.508. The number of rotatable bonds is 1. The summed E-state index contributed by atoms with van der Waals surface area (Å²) >= 11 is 0. The van der Waals surface area contributed by atoms with Crippen LogP contribution in [0.25, 0.3) is 0 Å². The molecule has 0 spiro atoms. The summed E-state index contributed by atoms with van der Waals surface area (Å²) in [6.07, 6.45) is -0.556. The summed E-state index contributed by atoms with van der Waals surface area (Å²) in [4.78, 5) is 10.0. The number of amides is 1. The van der Waals surface area contributed by atoms with Gasteiger partial charge in [0.2, 0.25) is 0 Å². The van der Waals surface area contributed by atoms with Crippen LogP contribution in [0.5, 0.6) is 0 Å². The van der Waals surface area contributed by atoms with E-state index in [0.717, 1.165) is 0 Å². The number of hydrogen-bond acceptors (Lipinski definition) is 4. The lowest BCUT2D eigenvalue weighted by Crippen LogP contribution is -2.72. The van der Waals surface area contributed by atoms with Crippen molar-refractivity contribution < 1.29 is 19.5 Å². The van der Waals surface area contributed by atoms with Gasteiger partial charge in [-0.2, -0.15) is 0 Å². The number of hydroxylamine groups is 4. The van der Waals surface area contributed by atoms with Gasteiger partial charge in [0.1, 0.15) is 24.2 Å². The third-order valence-electron chi connectivity index (χ3n) is 2.38. The van der Waals surface area contributed by atoms with Crippen LogP contribution < -0.4 is 5.32 Å². The van der Waals surface area contributed by atoms with Crippen LogP contribution in [0.2, 0.25) is 0 Å². The number of carbonyl (C=O) groups is 1. The molecule has 6 heteroatoms. The zero-order valence-corrected chi connectivity index (χ0v) is 9.48. The molecule has 1 rings (SSSR count). The molecule has 6 nitrogen and oxygen atoms in total. The van der Waals surface area contributed by atoms with Crippen LogP contribution in [-0.2, 0) is 4.74 Å². The Labute approximate surface area is 88.9 Å². The van der Waals surface area contributed by atoms with Crippen molar-refractivity contribution in [3.05, 3.63) is 5.21 Å². The fourth-order valence-electron chi connectivity index (χ4n) is 1.37. The highest BCUT2D eigenvalue weighted by Crippen LogP contribution is 2.24. The molecule has 2 unspecified atom stereocenters. The molecule has 0 bridgehead atoms. The van der Waals surface area contributed by atoms with Crippen LogP contribution in [0.3, 0.4) is 0 Å². The van der Waals surface area contributed by atoms with Crippen LogP contribution in [0, 0.1) is 5.21 Å². The van der Waals surface area contributed by atoms with Crippen molar-refractivity contribution >= 4 is 6.09 Å². The fraction of sp³-hybridized carbons (Fsp3) is 0.889. The molecule has 1 amide bonds. The topological polar surface area (TPSA) is 81.6 Å². The van der Waals surface area contributed by atoms with Crippen LogP contribution >= 0.6 is 0 Å². The summed E-state index contributed by atoms with van der Waals surface area (Å²) in [7, 11) is 0. The Morgan fingerprint density at radius 1 is 1.60 bits per heavy atom. The first-order valence-corrected chi connectivity index (χ1v) is 4.93. The average molecular weight is 218 g/mol. The molecule has 0 aromatic carbocycles. The molecule has 15 heavy (non-hydrogen) atoms. The second-order valence-corrected chi connectivity index (χ2v) is 4.93. The van der Waals surface area contributed by atoms with Gasteiger partial charge in [0.05, 0.1) is 0 Å². The smallest absolute Gasteiger partial charge is 0.408 e. The normalized spacial score (nSPS) is 35.6. The van der Waals surface area contributed by atoms with Crippen molar-refractivity contribution in [3.63, 3.8) is 0 Å². The fourth-order valence-corrected chi connectivity index (χ4v) is 1.37. The monoisotopic (exact) mass is 218 g/mol. The van der Waals surface area contributed by atoms with Gasteiger partial charge in [0.15, 0.2) is 0 Å². The maximum atomic E-state index is 11.3.